The van der Waals surface area contributed by atoms with Crippen molar-refractivity contribution in [3.05, 3.63) is 17.3 Å². The van der Waals surface area contributed by atoms with Crippen LogP contribution in [-0.2, 0) is 10.0 Å². The molecule has 90 valence electrons. The molecule has 0 saturated carbocycles. The average molecular weight is 264 g/mol. The van der Waals surface area contributed by atoms with Crippen molar-refractivity contribution in [3.63, 3.8) is 0 Å². The number of hydrogen-bond donors (Lipinski definition) is 1. The summed E-state index contributed by atoms with van der Waals surface area (Å²) in [5, 5.41) is 0.144. The van der Waals surface area contributed by atoms with E-state index in [1.165, 1.54) is 23.6 Å². The Kier molecular flexibility index (Phi) is 4.12. The lowest BCUT2D eigenvalue weighted by Crippen LogP contribution is -2.27. The summed E-state index contributed by atoms with van der Waals surface area (Å²) in [5.41, 5.74) is 5.42. The van der Waals surface area contributed by atoms with Crippen molar-refractivity contribution in [2.24, 2.45) is 0 Å². The molecule has 0 spiro atoms. The van der Waals surface area contributed by atoms with Crippen molar-refractivity contribution in [3.8, 4) is 0 Å². The van der Waals surface area contributed by atoms with Gasteiger partial charge in [0.2, 0.25) is 10.0 Å². The summed E-state index contributed by atoms with van der Waals surface area (Å²) in [5.74, 6) is 0.124. The lowest BCUT2D eigenvalue weighted by molar-refractivity contribution is 0.468. The van der Waals surface area contributed by atoms with E-state index in [0.29, 0.717) is 6.54 Å². The van der Waals surface area contributed by atoms with Crippen molar-refractivity contribution in [1.82, 2.24) is 9.29 Å². The predicted molar refractivity (Wildman–Crippen MR) is 63.8 cm³/mol. The van der Waals surface area contributed by atoms with E-state index in [-0.39, 0.29) is 15.7 Å². The number of anilines is 1. The van der Waals surface area contributed by atoms with Gasteiger partial charge < -0.3 is 5.73 Å². The summed E-state index contributed by atoms with van der Waals surface area (Å²) in [6, 6.07) is 1.31. The number of nitrogen functional groups attached to an aromatic ring is 1. The SMILES string of the molecule is CCCN(C)S(=O)(=O)c1cnc(N)c(Cl)c1. The molecule has 0 bridgehead atoms. The molecule has 7 heteroatoms. The van der Waals surface area contributed by atoms with Crippen molar-refractivity contribution >= 4 is 27.4 Å². The summed E-state index contributed by atoms with van der Waals surface area (Å²) < 4.78 is 25.2. The number of sulfonamides is 1. The molecule has 1 heterocycles. The molecule has 0 radical (unpaired) electrons. The van der Waals surface area contributed by atoms with Crippen LogP contribution in [0, 0.1) is 0 Å². The number of aromatic nitrogens is 1. The Balaban J connectivity index is 3.12. The largest absolute Gasteiger partial charge is 0.382 e. The molecule has 0 aliphatic rings. The third kappa shape index (κ3) is 2.63. The third-order valence-corrected chi connectivity index (χ3v) is 4.22. The van der Waals surface area contributed by atoms with Gasteiger partial charge in [0.1, 0.15) is 10.7 Å². The van der Waals surface area contributed by atoms with Gasteiger partial charge in [-0.05, 0) is 12.5 Å². The van der Waals surface area contributed by atoms with E-state index in [4.69, 9.17) is 17.3 Å². The van der Waals surface area contributed by atoms with Gasteiger partial charge in [0.05, 0.1) is 5.02 Å². The van der Waals surface area contributed by atoms with Gasteiger partial charge in [-0.3, -0.25) is 0 Å². The van der Waals surface area contributed by atoms with E-state index in [9.17, 15) is 8.42 Å². The quantitative estimate of drug-likeness (QED) is 0.890. The maximum atomic E-state index is 12.0. The lowest BCUT2D eigenvalue weighted by Gasteiger charge is -2.16. The zero-order valence-electron chi connectivity index (χ0n) is 9.14. The first-order valence-corrected chi connectivity index (χ1v) is 6.58. The number of halogens is 1. The Bertz CT molecular complexity index is 476. The summed E-state index contributed by atoms with van der Waals surface area (Å²) in [6.45, 7) is 2.35. The van der Waals surface area contributed by atoms with Crippen LogP contribution in [0.5, 0.6) is 0 Å². The number of nitrogens with zero attached hydrogens (tertiary/aromatic N) is 2. The Labute approximate surface area is 100 Å². The normalized spacial score (nSPS) is 12.0. The summed E-state index contributed by atoms with van der Waals surface area (Å²) in [4.78, 5) is 3.79. The second-order valence-electron chi connectivity index (χ2n) is 3.36. The predicted octanol–water partition coefficient (Wildman–Crippen LogP) is 1.35. The van der Waals surface area contributed by atoms with Gasteiger partial charge in [0, 0.05) is 19.8 Å². The van der Waals surface area contributed by atoms with Crippen LogP contribution in [0.1, 0.15) is 13.3 Å². The summed E-state index contributed by atoms with van der Waals surface area (Å²) in [7, 11) is -1.99. The molecule has 0 fully saturated rings. The summed E-state index contributed by atoms with van der Waals surface area (Å²) in [6.07, 6.45) is 1.95. The molecule has 0 aliphatic carbocycles. The first-order valence-electron chi connectivity index (χ1n) is 4.77. The third-order valence-electron chi connectivity index (χ3n) is 2.09. The van der Waals surface area contributed by atoms with Crippen LogP contribution in [0.25, 0.3) is 0 Å². The average Bonchev–Trinajstić information content (AvgIpc) is 2.22. The number of hydrogen-bond acceptors (Lipinski definition) is 4. The van der Waals surface area contributed by atoms with E-state index in [1.807, 2.05) is 6.92 Å². The molecule has 0 atom stereocenters. The van der Waals surface area contributed by atoms with E-state index in [0.717, 1.165) is 6.42 Å². The standard InChI is InChI=1S/C9H14ClN3O2S/c1-3-4-13(2)16(14,15)7-5-8(10)9(11)12-6-7/h5-6H,3-4H2,1-2H3,(H2,11,12). The second kappa shape index (κ2) is 4.99. The molecule has 0 aliphatic heterocycles. The van der Waals surface area contributed by atoms with Crippen molar-refractivity contribution in [1.29, 1.82) is 0 Å². The van der Waals surface area contributed by atoms with Crippen LogP contribution < -0.4 is 5.73 Å². The fourth-order valence-electron chi connectivity index (χ4n) is 1.19. The van der Waals surface area contributed by atoms with Crippen LogP contribution >= 0.6 is 11.6 Å². The monoisotopic (exact) mass is 263 g/mol. The van der Waals surface area contributed by atoms with Crippen LogP contribution in [0.15, 0.2) is 17.2 Å². The molecule has 16 heavy (non-hydrogen) atoms. The fourth-order valence-corrected chi connectivity index (χ4v) is 2.65. The molecule has 0 aromatic carbocycles. The topological polar surface area (TPSA) is 76.3 Å². The number of nitrogens with two attached hydrogens (primary N) is 1. The number of rotatable bonds is 4. The minimum absolute atomic E-state index is 0.0580. The molecule has 1 aromatic heterocycles. The van der Waals surface area contributed by atoms with Gasteiger partial charge in [0.15, 0.2) is 0 Å². The molecule has 0 unspecified atom stereocenters. The van der Waals surface area contributed by atoms with E-state index < -0.39 is 10.0 Å². The second-order valence-corrected chi connectivity index (χ2v) is 5.82. The molecule has 0 saturated heterocycles. The Morgan fingerprint density at radius 2 is 2.19 bits per heavy atom. The molecule has 1 aromatic rings. The first-order chi connectivity index (χ1) is 7.39. The Hall–Kier alpha value is -0.850. The van der Waals surface area contributed by atoms with E-state index >= 15 is 0 Å². The molecule has 0 amide bonds. The summed E-state index contributed by atoms with van der Waals surface area (Å²) >= 11 is 5.73. The van der Waals surface area contributed by atoms with Gasteiger partial charge in [-0.25, -0.2) is 17.7 Å². The minimum atomic E-state index is -3.51. The molecule has 5 nitrogen and oxygen atoms in total. The lowest BCUT2D eigenvalue weighted by atomic mass is 10.5. The fraction of sp³-hybridized carbons (Fsp3) is 0.444. The minimum Gasteiger partial charge on any atom is -0.382 e. The van der Waals surface area contributed by atoms with Gasteiger partial charge in [-0.2, -0.15) is 0 Å². The molecular weight excluding hydrogens is 250 g/mol. The zero-order valence-corrected chi connectivity index (χ0v) is 10.7. The highest BCUT2D eigenvalue weighted by atomic mass is 35.5. The van der Waals surface area contributed by atoms with Crippen LogP contribution in [0.3, 0.4) is 0 Å². The number of pyridine rings is 1. The van der Waals surface area contributed by atoms with Gasteiger partial charge in [-0.1, -0.05) is 18.5 Å². The molecule has 2 N–H and O–H groups in total. The van der Waals surface area contributed by atoms with Crippen LogP contribution in [-0.4, -0.2) is 31.3 Å². The molecule has 1 rings (SSSR count). The maximum absolute atomic E-state index is 12.0. The highest BCUT2D eigenvalue weighted by Gasteiger charge is 2.21. The van der Waals surface area contributed by atoms with E-state index in [1.54, 1.807) is 0 Å². The van der Waals surface area contributed by atoms with Gasteiger partial charge in [-0.15, -0.1) is 0 Å². The first kappa shape index (κ1) is 13.2. The van der Waals surface area contributed by atoms with Gasteiger partial charge >= 0.3 is 0 Å². The van der Waals surface area contributed by atoms with Gasteiger partial charge in [0.25, 0.3) is 0 Å². The van der Waals surface area contributed by atoms with Crippen LogP contribution in [0.4, 0.5) is 5.82 Å². The maximum Gasteiger partial charge on any atom is 0.244 e. The van der Waals surface area contributed by atoms with Crippen LogP contribution in [0.2, 0.25) is 5.02 Å². The highest BCUT2D eigenvalue weighted by molar-refractivity contribution is 7.89. The molecular formula is C9H14ClN3O2S. The Morgan fingerprint density at radius 1 is 1.56 bits per heavy atom. The highest BCUT2D eigenvalue weighted by Crippen LogP contribution is 2.21. The van der Waals surface area contributed by atoms with Crippen molar-refractivity contribution in [2.45, 2.75) is 18.2 Å². The smallest absolute Gasteiger partial charge is 0.244 e. The zero-order chi connectivity index (χ0) is 12.3. The van der Waals surface area contributed by atoms with E-state index in [2.05, 4.69) is 4.98 Å². The Morgan fingerprint density at radius 3 is 2.69 bits per heavy atom. The van der Waals surface area contributed by atoms with Crippen molar-refractivity contribution in [2.75, 3.05) is 19.3 Å². The van der Waals surface area contributed by atoms with Crippen molar-refractivity contribution < 1.29 is 8.42 Å².